The van der Waals surface area contributed by atoms with Crippen molar-refractivity contribution in [3.63, 3.8) is 0 Å². The van der Waals surface area contributed by atoms with E-state index in [0.717, 1.165) is 25.0 Å². The highest BCUT2D eigenvalue weighted by Gasteiger charge is 2.34. The highest BCUT2D eigenvalue weighted by molar-refractivity contribution is 5.44. The van der Waals surface area contributed by atoms with Crippen LogP contribution in [0.15, 0.2) is 18.2 Å². The van der Waals surface area contributed by atoms with Gasteiger partial charge >= 0.3 is 6.18 Å². The van der Waals surface area contributed by atoms with Gasteiger partial charge in [0.25, 0.3) is 0 Å². The average Bonchev–Trinajstić information content (AvgIpc) is 2.41. The molecule has 1 aromatic rings. The topological polar surface area (TPSA) is 53.2 Å². The van der Waals surface area contributed by atoms with Gasteiger partial charge in [-0.25, -0.2) is 0 Å². The lowest BCUT2D eigenvalue weighted by Crippen LogP contribution is -2.08. The molecular weight excluding hydrogens is 283 g/mol. The normalized spacial score (nSPS) is 12.8. The third-order valence-corrected chi connectivity index (χ3v) is 2.95. The van der Waals surface area contributed by atoms with Crippen molar-refractivity contribution in [2.24, 2.45) is 0 Å². The van der Waals surface area contributed by atoms with E-state index in [0.29, 0.717) is 19.4 Å². The quantitative estimate of drug-likeness (QED) is 0.777. The maximum Gasteiger partial charge on any atom is 0.417 e. The van der Waals surface area contributed by atoms with Gasteiger partial charge in [0.05, 0.1) is 29.9 Å². The summed E-state index contributed by atoms with van der Waals surface area (Å²) in [7, 11) is 0. The average molecular weight is 301 g/mol. The van der Waals surface area contributed by atoms with Crippen LogP contribution in [0.1, 0.15) is 43.7 Å². The molecule has 0 heterocycles. The molecule has 0 radical (unpaired) electrons. The first-order valence-electron chi connectivity index (χ1n) is 6.77. The van der Waals surface area contributed by atoms with Gasteiger partial charge in [0.1, 0.15) is 5.75 Å². The summed E-state index contributed by atoms with van der Waals surface area (Å²) in [6, 6.07) is 4.86. The Bertz CT molecular complexity index is 493. The van der Waals surface area contributed by atoms with Gasteiger partial charge in [-0.05, 0) is 44.4 Å². The third-order valence-electron chi connectivity index (χ3n) is 2.95. The summed E-state index contributed by atoms with van der Waals surface area (Å²) in [5.74, 6) is 0.108. The Balaban J connectivity index is 2.52. The van der Waals surface area contributed by atoms with E-state index in [2.05, 4.69) is 0 Å². The lowest BCUT2D eigenvalue weighted by atomic mass is 10.1. The van der Waals surface area contributed by atoms with Crippen LogP contribution in [0.3, 0.4) is 0 Å². The first-order chi connectivity index (χ1) is 9.84. The van der Waals surface area contributed by atoms with E-state index in [4.69, 9.17) is 15.1 Å². The molecule has 0 aromatic heterocycles. The summed E-state index contributed by atoms with van der Waals surface area (Å²) in [5.41, 5.74) is -1.39. The Hall–Kier alpha value is -1.74. The van der Waals surface area contributed by atoms with Crippen LogP contribution in [0.5, 0.6) is 5.75 Å². The van der Waals surface area contributed by atoms with Crippen molar-refractivity contribution in [3.8, 4) is 11.8 Å². The molecule has 1 unspecified atom stereocenters. The summed E-state index contributed by atoms with van der Waals surface area (Å²) >= 11 is 0. The van der Waals surface area contributed by atoms with E-state index >= 15 is 0 Å². The highest BCUT2D eigenvalue weighted by atomic mass is 19.4. The minimum absolute atomic E-state index is 0.108. The summed E-state index contributed by atoms with van der Waals surface area (Å²) in [5, 5.41) is 17.8. The molecule has 0 aliphatic heterocycles. The molecule has 0 spiro atoms. The molecule has 3 nitrogen and oxygen atoms in total. The van der Waals surface area contributed by atoms with Crippen molar-refractivity contribution >= 4 is 0 Å². The van der Waals surface area contributed by atoms with Gasteiger partial charge in [0, 0.05) is 0 Å². The minimum Gasteiger partial charge on any atom is -0.494 e. The van der Waals surface area contributed by atoms with Crippen molar-refractivity contribution in [3.05, 3.63) is 29.3 Å². The molecule has 1 aromatic carbocycles. The Kier molecular flexibility index (Phi) is 6.50. The van der Waals surface area contributed by atoms with Crippen LogP contribution in [0.2, 0.25) is 0 Å². The van der Waals surface area contributed by atoms with Gasteiger partial charge in [-0.3, -0.25) is 0 Å². The van der Waals surface area contributed by atoms with E-state index in [1.807, 2.05) is 0 Å². The van der Waals surface area contributed by atoms with Crippen LogP contribution < -0.4 is 4.74 Å². The number of halogens is 3. The molecule has 1 rings (SSSR count). The molecule has 0 aliphatic carbocycles. The number of ether oxygens (including phenoxy) is 1. The number of rotatable bonds is 7. The van der Waals surface area contributed by atoms with Crippen LogP contribution in [0.25, 0.3) is 0 Å². The number of hydrogen-bond donors (Lipinski definition) is 1. The van der Waals surface area contributed by atoms with Crippen molar-refractivity contribution in [2.45, 2.75) is 44.9 Å². The van der Waals surface area contributed by atoms with E-state index in [1.165, 1.54) is 12.1 Å². The first-order valence-corrected chi connectivity index (χ1v) is 6.77. The number of benzene rings is 1. The Morgan fingerprint density at radius 2 is 2.00 bits per heavy atom. The zero-order valence-corrected chi connectivity index (χ0v) is 11.8. The zero-order chi connectivity index (χ0) is 15.9. The zero-order valence-electron chi connectivity index (χ0n) is 11.8. The second kappa shape index (κ2) is 7.89. The first kappa shape index (κ1) is 17.3. The third kappa shape index (κ3) is 6.05. The van der Waals surface area contributed by atoms with E-state index in [-0.39, 0.29) is 11.9 Å². The van der Waals surface area contributed by atoms with E-state index in [1.54, 1.807) is 6.92 Å². The fourth-order valence-corrected chi connectivity index (χ4v) is 1.85. The summed E-state index contributed by atoms with van der Waals surface area (Å²) in [4.78, 5) is 0. The van der Waals surface area contributed by atoms with Crippen LogP contribution >= 0.6 is 0 Å². The number of unbranched alkanes of at least 4 members (excludes halogenated alkanes) is 2. The number of nitriles is 1. The monoisotopic (exact) mass is 301 g/mol. The van der Waals surface area contributed by atoms with Gasteiger partial charge in [-0.15, -0.1) is 0 Å². The minimum atomic E-state index is -4.57. The van der Waals surface area contributed by atoms with E-state index < -0.39 is 17.3 Å². The predicted octanol–water partition coefficient (Wildman–Crippen LogP) is 3.90. The van der Waals surface area contributed by atoms with Gasteiger partial charge in [-0.1, -0.05) is 6.42 Å². The van der Waals surface area contributed by atoms with Crippen LogP contribution in [0, 0.1) is 11.3 Å². The van der Waals surface area contributed by atoms with Crippen molar-refractivity contribution in [1.82, 2.24) is 0 Å². The standard InChI is InChI=1S/C15H18F3NO2/c1-11(20)5-3-2-4-8-21-13-7-6-12(10-19)14(9-13)15(16,17)18/h6-7,9,11,20H,2-5,8H2,1H3. The van der Waals surface area contributed by atoms with E-state index in [9.17, 15) is 13.2 Å². The largest absolute Gasteiger partial charge is 0.494 e. The molecule has 0 fully saturated rings. The smallest absolute Gasteiger partial charge is 0.417 e. The van der Waals surface area contributed by atoms with Gasteiger partial charge < -0.3 is 9.84 Å². The van der Waals surface area contributed by atoms with Crippen LogP contribution in [-0.2, 0) is 6.18 Å². The summed E-state index contributed by atoms with van der Waals surface area (Å²) < 4.78 is 43.5. The Morgan fingerprint density at radius 1 is 1.29 bits per heavy atom. The molecule has 0 saturated carbocycles. The van der Waals surface area contributed by atoms with Crippen molar-refractivity contribution in [1.29, 1.82) is 5.26 Å². The fraction of sp³-hybridized carbons (Fsp3) is 0.533. The molecule has 0 saturated heterocycles. The lowest BCUT2D eigenvalue weighted by molar-refractivity contribution is -0.137. The van der Waals surface area contributed by atoms with Crippen LogP contribution in [-0.4, -0.2) is 17.8 Å². The Morgan fingerprint density at radius 3 is 2.57 bits per heavy atom. The maximum absolute atomic E-state index is 12.7. The molecule has 1 N–H and O–H groups in total. The molecule has 6 heteroatoms. The lowest BCUT2D eigenvalue weighted by Gasteiger charge is -2.12. The molecule has 1 atom stereocenters. The highest BCUT2D eigenvalue weighted by Crippen LogP contribution is 2.34. The molecule has 0 bridgehead atoms. The second-order valence-corrected chi connectivity index (χ2v) is 4.86. The molecule has 0 aliphatic rings. The second-order valence-electron chi connectivity index (χ2n) is 4.86. The number of nitrogens with zero attached hydrogens (tertiary/aromatic N) is 1. The number of alkyl halides is 3. The predicted molar refractivity (Wildman–Crippen MR) is 71.8 cm³/mol. The molecule has 0 amide bonds. The Labute approximate surface area is 122 Å². The molecule has 116 valence electrons. The summed E-state index contributed by atoms with van der Waals surface area (Å²) in [6.07, 6.45) is -1.81. The van der Waals surface area contributed by atoms with Gasteiger partial charge in [0.2, 0.25) is 0 Å². The summed E-state index contributed by atoms with van der Waals surface area (Å²) in [6.45, 7) is 2.02. The van der Waals surface area contributed by atoms with Crippen molar-refractivity contribution < 1.29 is 23.0 Å². The number of hydrogen-bond acceptors (Lipinski definition) is 3. The number of aliphatic hydroxyl groups is 1. The fourth-order valence-electron chi connectivity index (χ4n) is 1.85. The van der Waals surface area contributed by atoms with Crippen LogP contribution in [0.4, 0.5) is 13.2 Å². The van der Waals surface area contributed by atoms with Gasteiger partial charge in [0.15, 0.2) is 0 Å². The van der Waals surface area contributed by atoms with Crippen molar-refractivity contribution in [2.75, 3.05) is 6.61 Å². The molecular formula is C15H18F3NO2. The molecule has 21 heavy (non-hydrogen) atoms. The maximum atomic E-state index is 12.7. The number of aliphatic hydroxyl groups excluding tert-OH is 1. The SMILES string of the molecule is CC(O)CCCCCOc1ccc(C#N)c(C(F)(F)F)c1. The van der Waals surface area contributed by atoms with Gasteiger partial charge in [-0.2, -0.15) is 18.4 Å².